The number of nitrogens with one attached hydrogen (secondary N) is 2. The van der Waals surface area contributed by atoms with E-state index in [4.69, 9.17) is 4.74 Å². The van der Waals surface area contributed by atoms with Crippen molar-refractivity contribution in [1.82, 2.24) is 15.5 Å². The van der Waals surface area contributed by atoms with Crippen molar-refractivity contribution in [2.24, 2.45) is 4.99 Å². The maximum atomic E-state index is 5.71. The summed E-state index contributed by atoms with van der Waals surface area (Å²) in [6.45, 7) is 6.46. The van der Waals surface area contributed by atoms with Crippen LogP contribution in [0.1, 0.15) is 16.7 Å². The van der Waals surface area contributed by atoms with Gasteiger partial charge in [0.1, 0.15) is 12.4 Å². The molecule has 0 aromatic heterocycles. The summed E-state index contributed by atoms with van der Waals surface area (Å²) >= 11 is 0. The Labute approximate surface area is 185 Å². The molecular formula is C22H31IN4O. The summed E-state index contributed by atoms with van der Waals surface area (Å²) in [4.78, 5) is 6.50. The zero-order chi connectivity index (χ0) is 19.5. The van der Waals surface area contributed by atoms with Crippen LogP contribution in [0.15, 0.2) is 66.2 Å². The van der Waals surface area contributed by atoms with Gasteiger partial charge in [-0.25, -0.2) is 0 Å². The molecule has 0 spiro atoms. The van der Waals surface area contributed by atoms with Gasteiger partial charge >= 0.3 is 0 Å². The van der Waals surface area contributed by atoms with E-state index in [1.165, 1.54) is 11.1 Å². The molecule has 0 unspecified atom stereocenters. The van der Waals surface area contributed by atoms with Crippen LogP contribution in [0.2, 0.25) is 0 Å². The van der Waals surface area contributed by atoms with Crippen molar-refractivity contribution >= 4 is 29.9 Å². The van der Waals surface area contributed by atoms with Crippen LogP contribution in [0, 0.1) is 0 Å². The lowest BCUT2D eigenvalue weighted by atomic mass is 10.1. The number of aliphatic imine (C=N–C) groups is 1. The lowest BCUT2D eigenvalue weighted by Gasteiger charge is -2.17. The summed E-state index contributed by atoms with van der Waals surface area (Å²) in [6, 6.07) is 16.5. The SMILES string of the molecule is C=CCOc1ccccc1CNC(=NC)NCc1ccccc1CN(C)C.I. The zero-order valence-electron chi connectivity index (χ0n) is 16.9. The lowest BCUT2D eigenvalue weighted by molar-refractivity contribution is 0.358. The van der Waals surface area contributed by atoms with Crippen molar-refractivity contribution in [1.29, 1.82) is 0 Å². The van der Waals surface area contributed by atoms with Crippen LogP contribution in [0.25, 0.3) is 0 Å². The van der Waals surface area contributed by atoms with Gasteiger partial charge < -0.3 is 20.3 Å². The quantitative estimate of drug-likeness (QED) is 0.241. The average Bonchev–Trinajstić information content (AvgIpc) is 2.68. The Morgan fingerprint density at radius 3 is 2.18 bits per heavy atom. The van der Waals surface area contributed by atoms with Crippen molar-refractivity contribution in [2.45, 2.75) is 19.6 Å². The number of hydrogen-bond donors (Lipinski definition) is 2. The van der Waals surface area contributed by atoms with Gasteiger partial charge in [0.2, 0.25) is 0 Å². The molecule has 5 nitrogen and oxygen atoms in total. The normalized spacial score (nSPS) is 10.9. The number of hydrogen-bond acceptors (Lipinski definition) is 3. The molecule has 2 N–H and O–H groups in total. The van der Waals surface area contributed by atoms with Crippen molar-refractivity contribution in [2.75, 3.05) is 27.7 Å². The summed E-state index contributed by atoms with van der Waals surface area (Å²) in [7, 11) is 5.94. The number of benzene rings is 2. The molecule has 0 fully saturated rings. The minimum atomic E-state index is 0. The first kappa shape index (κ1) is 24.0. The van der Waals surface area contributed by atoms with Gasteiger partial charge in [0.05, 0.1) is 0 Å². The van der Waals surface area contributed by atoms with Gasteiger partial charge in [0.25, 0.3) is 0 Å². The van der Waals surface area contributed by atoms with Gasteiger partial charge in [-0.1, -0.05) is 55.1 Å². The molecule has 0 bridgehead atoms. The molecule has 0 aliphatic rings. The number of nitrogens with zero attached hydrogens (tertiary/aromatic N) is 2. The largest absolute Gasteiger partial charge is 0.489 e. The van der Waals surface area contributed by atoms with E-state index in [1.54, 1.807) is 13.1 Å². The molecule has 0 saturated carbocycles. The molecule has 152 valence electrons. The first-order chi connectivity index (χ1) is 13.1. The molecule has 0 heterocycles. The summed E-state index contributed by atoms with van der Waals surface area (Å²) in [5, 5.41) is 6.75. The number of ether oxygens (including phenoxy) is 1. The number of guanidine groups is 1. The third-order valence-corrected chi connectivity index (χ3v) is 4.05. The van der Waals surface area contributed by atoms with Crippen LogP contribution >= 0.6 is 24.0 Å². The molecule has 0 amide bonds. The van der Waals surface area contributed by atoms with Crippen molar-refractivity contribution in [3.05, 3.63) is 77.9 Å². The van der Waals surface area contributed by atoms with Crippen LogP contribution in [-0.4, -0.2) is 38.6 Å². The van der Waals surface area contributed by atoms with Crippen LogP contribution < -0.4 is 15.4 Å². The minimum Gasteiger partial charge on any atom is -0.489 e. The molecule has 6 heteroatoms. The van der Waals surface area contributed by atoms with Gasteiger partial charge in [-0.15, -0.1) is 24.0 Å². The summed E-state index contributed by atoms with van der Waals surface area (Å²) < 4.78 is 5.71. The predicted molar refractivity (Wildman–Crippen MR) is 128 cm³/mol. The Morgan fingerprint density at radius 1 is 1.00 bits per heavy atom. The molecule has 2 rings (SSSR count). The van der Waals surface area contributed by atoms with Gasteiger partial charge in [-0.3, -0.25) is 4.99 Å². The van der Waals surface area contributed by atoms with Gasteiger partial charge in [0, 0.05) is 32.2 Å². The molecule has 0 aliphatic heterocycles. The molecular weight excluding hydrogens is 463 g/mol. The summed E-state index contributed by atoms with van der Waals surface area (Å²) in [6.07, 6.45) is 1.75. The Kier molecular flexibility index (Phi) is 11.3. The second-order valence-corrected chi connectivity index (χ2v) is 6.49. The first-order valence-electron chi connectivity index (χ1n) is 9.11. The predicted octanol–water partition coefficient (Wildman–Crippen LogP) is 3.80. The van der Waals surface area contributed by atoms with E-state index < -0.39 is 0 Å². The maximum absolute atomic E-state index is 5.71. The van der Waals surface area contributed by atoms with E-state index >= 15 is 0 Å². The minimum absolute atomic E-state index is 0. The molecule has 28 heavy (non-hydrogen) atoms. The van der Waals surface area contributed by atoms with E-state index in [0.717, 1.165) is 30.4 Å². The molecule has 0 saturated heterocycles. The van der Waals surface area contributed by atoms with Crippen molar-refractivity contribution in [3.63, 3.8) is 0 Å². The number of halogens is 1. The Morgan fingerprint density at radius 2 is 1.57 bits per heavy atom. The zero-order valence-corrected chi connectivity index (χ0v) is 19.3. The van der Waals surface area contributed by atoms with E-state index in [2.05, 4.69) is 65.5 Å². The van der Waals surface area contributed by atoms with Crippen LogP contribution in [0.3, 0.4) is 0 Å². The summed E-state index contributed by atoms with van der Waals surface area (Å²) in [5.74, 6) is 1.62. The molecule has 0 aliphatic carbocycles. The second-order valence-electron chi connectivity index (χ2n) is 6.49. The monoisotopic (exact) mass is 494 g/mol. The van der Waals surface area contributed by atoms with Crippen molar-refractivity contribution in [3.8, 4) is 5.75 Å². The van der Waals surface area contributed by atoms with Gasteiger partial charge in [0.15, 0.2) is 5.96 Å². The Balaban J connectivity index is 0.00000392. The van der Waals surface area contributed by atoms with Crippen LogP contribution in [0.5, 0.6) is 5.75 Å². The fourth-order valence-electron chi connectivity index (χ4n) is 2.74. The van der Waals surface area contributed by atoms with Crippen LogP contribution in [-0.2, 0) is 19.6 Å². The molecule has 2 aromatic rings. The molecule has 2 aromatic carbocycles. The van der Waals surface area contributed by atoms with Gasteiger partial charge in [-0.2, -0.15) is 0 Å². The van der Waals surface area contributed by atoms with E-state index in [1.807, 2.05) is 24.3 Å². The highest BCUT2D eigenvalue weighted by Gasteiger charge is 2.06. The third-order valence-electron chi connectivity index (χ3n) is 4.05. The molecule has 0 radical (unpaired) electrons. The lowest BCUT2D eigenvalue weighted by Crippen LogP contribution is -2.36. The average molecular weight is 494 g/mol. The third kappa shape index (κ3) is 7.90. The standard InChI is InChI=1S/C22H30N4O.HI/c1-5-14-27-21-13-9-8-11-19(21)16-25-22(23-2)24-15-18-10-6-7-12-20(18)17-26(3)4;/h5-13H,1,14-17H2,2-4H3,(H2,23,24,25);1H. The topological polar surface area (TPSA) is 48.9 Å². The highest BCUT2D eigenvalue weighted by molar-refractivity contribution is 14.0. The highest BCUT2D eigenvalue weighted by atomic mass is 127. The van der Waals surface area contributed by atoms with Gasteiger partial charge in [-0.05, 0) is 31.3 Å². The van der Waals surface area contributed by atoms with E-state index in [-0.39, 0.29) is 24.0 Å². The number of rotatable bonds is 9. The summed E-state index contributed by atoms with van der Waals surface area (Å²) in [5.41, 5.74) is 3.66. The maximum Gasteiger partial charge on any atom is 0.191 e. The van der Waals surface area contributed by atoms with Crippen LogP contribution in [0.4, 0.5) is 0 Å². The van der Waals surface area contributed by atoms with Crippen molar-refractivity contribution < 1.29 is 4.74 Å². The Bertz CT molecular complexity index is 762. The fraction of sp³-hybridized carbons (Fsp3) is 0.318. The highest BCUT2D eigenvalue weighted by Crippen LogP contribution is 2.17. The Hall–Kier alpha value is -2.06. The smallest absolute Gasteiger partial charge is 0.191 e. The first-order valence-corrected chi connectivity index (χ1v) is 9.11. The fourth-order valence-corrected chi connectivity index (χ4v) is 2.74. The van der Waals surface area contributed by atoms with E-state index in [0.29, 0.717) is 13.2 Å². The van der Waals surface area contributed by atoms with E-state index in [9.17, 15) is 0 Å². The second kappa shape index (κ2) is 13.2. The molecule has 0 atom stereocenters. The number of para-hydroxylation sites is 1.